The minimum absolute atomic E-state index is 0.106. The van der Waals surface area contributed by atoms with Crippen LogP contribution in [0.2, 0.25) is 0 Å². The number of phosphoric acid groups is 2. The average molecular weight is 1330 g/mol. The van der Waals surface area contributed by atoms with Crippen molar-refractivity contribution >= 4 is 39.5 Å². The minimum atomic E-state index is -4.95. The third kappa shape index (κ3) is 63.5. The topological polar surface area (TPSA) is 237 Å². The van der Waals surface area contributed by atoms with E-state index in [0.717, 1.165) is 108 Å². The molecule has 3 N–H and O–H groups in total. The van der Waals surface area contributed by atoms with E-state index in [2.05, 4.69) is 48.5 Å². The van der Waals surface area contributed by atoms with Gasteiger partial charge in [0.15, 0.2) is 12.2 Å². The molecule has 534 valence electrons. The van der Waals surface area contributed by atoms with Gasteiger partial charge < -0.3 is 33.8 Å². The Morgan fingerprint density at radius 1 is 0.322 bits per heavy atom. The number of carbonyl (C=O) groups excluding carboxylic acids is 4. The van der Waals surface area contributed by atoms with Crippen molar-refractivity contribution in [3.63, 3.8) is 0 Å². The molecule has 0 fully saturated rings. The van der Waals surface area contributed by atoms with Gasteiger partial charge in [0.25, 0.3) is 0 Å². The summed E-state index contributed by atoms with van der Waals surface area (Å²) in [5.74, 6) is 0.141. The van der Waals surface area contributed by atoms with Crippen molar-refractivity contribution in [1.82, 2.24) is 0 Å². The summed E-state index contributed by atoms with van der Waals surface area (Å²) in [4.78, 5) is 72.6. The van der Waals surface area contributed by atoms with Crippen LogP contribution in [0.3, 0.4) is 0 Å². The second-order valence-electron chi connectivity index (χ2n) is 26.8. The molecular formula is C71H138O17P2. The number of rotatable bonds is 69. The summed E-state index contributed by atoms with van der Waals surface area (Å²) in [5, 5.41) is 10.6. The number of carbonyl (C=O) groups is 4. The zero-order valence-corrected chi connectivity index (χ0v) is 60.4. The monoisotopic (exact) mass is 1320 g/mol. The Bertz CT molecular complexity index is 1770. The highest BCUT2D eigenvalue weighted by Crippen LogP contribution is 2.45. The highest BCUT2D eigenvalue weighted by atomic mass is 31.2. The number of ether oxygens (including phenoxy) is 4. The average Bonchev–Trinajstić information content (AvgIpc) is 2.98. The lowest BCUT2D eigenvalue weighted by Gasteiger charge is -2.21. The fourth-order valence-corrected chi connectivity index (χ4v) is 12.3. The van der Waals surface area contributed by atoms with E-state index in [9.17, 15) is 43.2 Å². The molecule has 0 aliphatic heterocycles. The number of hydrogen-bond donors (Lipinski definition) is 3. The van der Waals surface area contributed by atoms with E-state index in [4.69, 9.17) is 37.0 Å². The van der Waals surface area contributed by atoms with Gasteiger partial charge in [-0.1, -0.05) is 305 Å². The predicted molar refractivity (Wildman–Crippen MR) is 363 cm³/mol. The summed E-state index contributed by atoms with van der Waals surface area (Å²) < 4.78 is 68.3. The Kier molecular flexibility index (Phi) is 60.6. The van der Waals surface area contributed by atoms with Gasteiger partial charge in [-0.25, -0.2) is 9.13 Å². The lowest BCUT2D eigenvalue weighted by molar-refractivity contribution is -0.161. The maximum Gasteiger partial charge on any atom is 0.472 e. The fraction of sp³-hybridized carbons (Fsp3) is 0.944. The predicted octanol–water partition coefficient (Wildman–Crippen LogP) is 20.2. The van der Waals surface area contributed by atoms with Gasteiger partial charge in [-0.15, -0.1) is 0 Å². The Labute approximate surface area is 549 Å². The minimum Gasteiger partial charge on any atom is -0.462 e. The largest absolute Gasteiger partial charge is 0.472 e. The van der Waals surface area contributed by atoms with Crippen LogP contribution in [0.25, 0.3) is 0 Å². The lowest BCUT2D eigenvalue weighted by Crippen LogP contribution is -2.30. The van der Waals surface area contributed by atoms with Crippen LogP contribution in [0, 0.1) is 17.8 Å². The summed E-state index contributed by atoms with van der Waals surface area (Å²) in [5.41, 5.74) is 0. The quantitative estimate of drug-likeness (QED) is 0.0222. The maximum atomic E-state index is 13.0. The molecule has 0 heterocycles. The zero-order chi connectivity index (χ0) is 66.6. The van der Waals surface area contributed by atoms with E-state index in [0.29, 0.717) is 31.6 Å². The van der Waals surface area contributed by atoms with Crippen molar-refractivity contribution in [2.75, 3.05) is 39.6 Å². The van der Waals surface area contributed by atoms with Gasteiger partial charge in [0.1, 0.15) is 19.3 Å². The van der Waals surface area contributed by atoms with Crippen LogP contribution < -0.4 is 0 Å². The Hall–Kier alpha value is -1.94. The second-order valence-corrected chi connectivity index (χ2v) is 29.7. The SMILES string of the molecule is CCCCCCCCCCCCCCC(=O)O[C@H](COC(=O)CCCCCCCCC(C)C)COP(=O)(O)OC[C@H](O)COP(=O)(O)OC[C@@H](COC(=O)CCCCCCCCCCCCC(C)CC)OC(=O)CCCCCCCCCCCCCCC(C)C. The zero-order valence-electron chi connectivity index (χ0n) is 58.6. The molecule has 0 rings (SSSR count). The highest BCUT2D eigenvalue weighted by molar-refractivity contribution is 7.47. The summed E-state index contributed by atoms with van der Waals surface area (Å²) in [6.07, 6.45) is 45.8. The smallest absolute Gasteiger partial charge is 0.462 e. The molecule has 0 amide bonds. The highest BCUT2D eigenvalue weighted by Gasteiger charge is 2.30. The van der Waals surface area contributed by atoms with Crippen LogP contribution in [0.1, 0.15) is 357 Å². The van der Waals surface area contributed by atoms with Gasteiger partial charge in [0, 0.05) is 25.7 Å². The van der Waals surface area contributed by atoms with Crippen molar-refractivity contribution in [3.05, 3.63) is 0 Å². The van der Waals surface area contributed by atoms with Crippen molar-refractivity contribution in [2.45, 2.75) is 375 Å². The molecule has 0 spiro atoms. The maximum absolute atomic E-state index is 13.0. The van der Waals surface area contributed by atoms with Gasteiger partial charge in [-0.2, -0.15) is 0 Å². The molecule has 0 saturated heterocycles. The number of aliphatic hydroxyl groups is 1. The van der Waals surface area contributed by atoms with E-state index in [1.165, 1.54) is 161 Å². The van der Waals surface area contributed by atoms with E-state index in [-0.39, 0.29) is 25.7 Å². The van der Waals surface area contributed by atoms with E-state index < -0.39 is 97.5 Å². The molecule has 0 aliphatic carbocycles. The van der Waals surface area contributed by atoms with Gasteiger partial charge in [-0.05, 0) is 43.4 Å². The summed E-state index contributed by atoms with van der Waals surface area (Å²) in [6, 6.07) is 0. The molecule has 0 aromatic heterocycles. The number of hydrogen-bond acceptors (Lipinski definition) is 15. The number of aliphatic hydroxyl groups excluding tert-OH is 1. The second kappa shape index (κ2) is 61.9. The molecular weight excluding hydrogens is 1190 g/mol. The normalized spacial score (nSPS) is 14.5. The van der Waals surface area contributed by atoms with Crippen LogP contribution in [0.15, 0.2) is 0 Å². The molecule has 0 aliphatic rings. The van der Waals surface area contributed by atoms with Crippen molar-refractivity contribution < 1.29 is 80.2 Å². The first-order valence-electron chi connectivity index (χ1n) is 36.9. The molecule has 3 unspecified atom stereocenters. The van der Waals surface area contributed by atoms with Gasteiger partial charge in [0.05, 0.1) is 26.4 Å². The van der Waals surface area contributed by atoms with E-state index in [1.54, 1.807) is 0 Å². The summed E-state index contributed by atoms with van der Waals surface area (Å²) >= 11 is 0. The van der Waals surface area contributed by atoms with Crippen LogP contribution in [-0.2, 0) is 65.4 Å². The molecule has 90 heavy (non-hydrogen) atoms. The Morgan fingerprint density at radius 2 is 0.567 bits per heavy atom. The molecule has 19 heteroatoms. The molecule has 0 saturated carbocycles. The third-order valence-electron chi connectivity index (χ3n) is 16.7. The van der Waals surface area contributed by atoms with Crippen LogP contribution in [0.4, 0.5) is 0 Å². The van der Waals surface area contributed by atoms with E-state index in [1.807, 2.05) is 0 Å². The molecule has 0 aromatic carbocycles. The van der Waals surface area contributed by atoms with Crippen molar-refractivity contribution in [3.8, 4) is 0 Å². The van der Waals surface area contributed by atoms with E-state index >= 15 is 0 Å². The van der Waals surface area contributed by atoms with Crippen LogP contribution in [0.5, 0.6) is 0 Å². The molecule has 0 aromatic rings. The summed E-state index contributed by atoms with van der Waals surface area (Å²) in [6.45, 7) is 11.8. The lowest BCUT2D eigenvalue weighted by atomic mass is 9.99. The standard InChI is InChI=1S/C71H138O17P2/c1-8-10-11-12-13-14-15-19-26-31-40-47-54-70(75)88-67(59-82-69(74)53-46-39-34-33-36-43-50-63(5)6)61-86-90(79,80)84-57-65(72)56-83-89(77,78)85-60-66(58-81-68(73)52-45-38-30-25-22-21-24-29-37-44-51-64(7)9-2)87-71(76)55-48-41-32-27-20-17-16-18-23-28-35-42-49-62(3)4/h62-67,72H,8-61H2,1-7H3,(H,77,78)(H,79,80)/t64?,65-,66-,67-/m1/s1. The first kappa shape index (κ1) is 88.1. The van der Waals surface area contributed by atoms with Crippen molar-refractivity contribution in [2.24, 2.45) is 17.8 Å². The molecule has 17 nitrogen and oxygen atoms in total. The molecule has 0 radical (unpaired) electrons. The van der Waals surface area contributed by atoms with Crippen LogP contribution >= 0.6 is 15.6 Å². The number of esters is 4. The third-order valence-corrected chi connectivity index (χ3v) is 18.6. The number of unbranched alkanes of at least 4 members (excludes halogenated alkanes) is 36. The Balaban J connectivity index is 5.25. The van der Waals surface area contributed by atoms with Crippen molar-refractivity contribution in [1.29, 1.82) is 0 Å². The summed E-state index contributed by atoms with van der Waals surface area (Å²) in [7, 11) is -9.90. The molecule has 6 atom stereocenters. The van der Waals surface area contributed by atoms with Gasteiger partial charge >= 0.3 is 39.5 Å². The molecule has 0 bridgehead atoms. The van der Waals surface area contributed by atoms with Crippen LogP contribution in [-0.4, -0.2) is 96.7 Å². The Morgan fingerprint density at radius 3 is 0.844 bits per heavy atom. The first-order valence-corrected chi connectivity index (χ1v) is 39.9. The van der Waals surface area contributed by atoms with Gasteiger partial charge in [0.2, 0.25) is 0 Å². The van der Waals surface area contributed by atoms with Gasteiger partial charge in [-0.3, -0.25) is 37.3 Å². The fourth-order valence-electron chi connectivity index (χ4n) is 10.7. The first-order chi connectivity index (χ1) is 43.3. The number of phosphoric ester groups is 2.